The molecule has 2 rings (SSSR count). The van der Waals surface area contributed by atoms with E-state index < -0.39 is 0 Å². The third kappa shape index (κ3) is 4.15. The van der Waals surface area contributed by atoms with Crippen LogP contribution in [0.5, 0.6) is 11.5 Å². The number of carbonyl (C=O) groups excluding carboxylic acids is 1. The molecule has 23 heavy (non-hydrogen) atoms. The van der Waals surface area contributed by atoms with Crippen molar-refractivity contribution in [2.24, 2.45) is 0 Å². The standard InChI is InChI=1S/C18H18Br2O3/c1-11-10-14(23-3)8-9-15(11)16(19)17(20)18(21)12-4-6-13(22-2)7-5-12/h4-10,16-17H,1-3H3/t16-,17-/m0/s1. The lowest BCUT2D eigenvalue weighted by molar-refractivity contribution is 0.0991. The predicted octanol–water partition coefficient (Wildman–Crippen LogP) is 5.09. The number of rotatable bonds is 6. The molecule has 0 spiro atoms. The van der Waals surface area contributed by atoms with Crippen LogP contribution >= 0.6 is 31.9 Å². The first-order valence-corrected chi connectivity index (χ1v) is 8.92. The maximum Gasteiger partial charge on any atom is 0.177 e. The predicted molar refractivity (Wildman–Crippen MR) is 99.4 cm³/mol. The molecule has 0 unspecified atom stereocenters. The largest absolute Gasteiger partial charge is 0.497 e. The highest BCUT2D eigenvalue weighted by Gasteiger charge is 2.27. The average Bonchev–Trinajstić information content (AvgIpc) is 2.59. The van der Waals surface area contributed by atoms with Gasteiger partial charge in [-0.25, -0.2) is 0 Å². The van der Waals surface area contributed by atoms with Crippen LogP contribution in [0.3, 0.4) is 0 Å². The number of hydrogen-bond donors (Lipinski definition) is 0. The summed E-state index contributed by atoms with van der Waals surface area (Å²) in [6.07, 6.45) is 0. The number of Topliss-reactive ketones (excluding diaryl/α,β-unsaturated/α-hetero) is 1. The maximum absolute atomic E-state index is 12.7. The van der Waals surface area contributed by atoms with Gasteiger partial charge >= 0.3 is 0 Å². The van der Waals surface area contributed by atoms with Crippen LogP contribution in [0, 0.1) is 6.92 Å². The molecule has 0 heterocycles. The van der Waals surface area contributed by atoms with Crippen LogP contribution < -0.4 is 9.47 Å². The van der Waals surface area contributed by atoms with E-state index in [9.17, 15) is 4.79 Å². The highest BCUT2D eigenvalue weighted by molar-refractivity contribution is 9.12. The summed E-state index contributed by atoms with van der Waals surface area (Å²) in [5.74, 6) is 1.55. The van der Waals surface area contributed by atoms with Gasteiger partial charge in [0.25, 0.3) is 0 Å². The van der Waals surface area contributed by atoms with Crippen LogP contribution in [0.2, 0.25) is 0 Å². The van der Waals surface area contributed by atoms with Crippen LogP contribution in [0.25, 0.3) is 0 Å². The summed E-state index contributed by atoms with van der Waals surface area (Å²) in [7, 11) is 3.24. The van der Waals surface area contributed by atoms with E-state index in [2.05, 4.69) is 31.9 Å². The topological polar surface area (TPSA) is 35.5 Å². The summed E-state index contributed by atoms with van der Waals surface area (Å²) in [6, 6.07) is 13.0. The molecule has 0 bridgehead atoms. The van der Waals surface area contributed by atoms with Crippen LogP contribution in [-0.2, 0) is 0 Å². The lowest BCUT2D eigenvalue weighted by Gasteiger charge is -2.19. The molecule has 5 heteroatoms. The van der Waals surface area contributed by atoms with Gasteiger partial charge in [-0.3, -0.25) is 4.79 Å². The zero-order valence-corrected chi connectivity index (χ0v) is 16.3. The lowest BCUT2D eigenvalue weighted by Crippen LogP contribution is -2.19. The summed E-state index contributed by atoms with van der Waals surface area (Å²) in [6.45, 7) is 2.00. The Morgan fingerprint density at radius 3 is 2.04 bits per heavy atom. The molecule has 0 aromatic heterocycles. The molecular weight excluding hydrogens is 424 g/mol. The number of benzene rings is 2. The van der Waals surface area contributed by atoms with Gasteiger partial charge < -0.3 is 9.47 Å². The van der Waals surface area contributed by atoms with Crippen molar-refractivity contribution in [3.8, 4) is 11.5 Å². The number of alkyl halides is 2. The molecule has 2 aromatic carbocycles. The summed E-state index contributed by atoms with van der Waals surface area (Å²) < 4.78 is 10.3. The minimum absolute atomic E-state index is 0.0183. The molecule has 0 amide bonds. The van der Waals surface area contributed by atoms with Crippen molar-refractivity contribution in [2.45, 2.75) is 16.6 Å². The number of carbonyl (C=O) groups is 1. The van der Waals surface area contributed by atoms with Gasteiger partial charge in [-0.15, -0.1) is 0 Å². The molecule has 0 aliphatic heterocycles. The van der Waals surface area contributed by atoms with Gasteiger partial charge in [-0.1, -0.05) is 37.9 Å². The Hall–Kier alpha value is -1.33. The fourth-order valence-corrected chi connectivity index (χ4v) is 3.59. The van der Waals surface area contributed by atoms with Crippen molar-refractivity contribution in [1.29, 1.82) is 0 Å². The molecule has 0 saturated heterocycles. The Kier molecular flexibility index (Phi) is 6.25. The second kappa shape index (κ2) is 7.97. The second-order valence-corrected chi connectivity index (χ2v) is 7.09. The van der Waals surface area contributed by atoms with E-state index in [1.807, 2.05) is 25.1 Å². The molecular formula is C18H18Br2O3. The van der Waals surface area contributed by atoms with Crippen LogP contribution in [0.15, 0.2) is 42.5 Å². The number of halogens is 2. The zero-order chi connectivity index (χ0) is 17.0. The van der Waals surface area contributed by atoms with E-state index in [0.717, 1.165) is 22.6 Å². The number of ketones is 1. The van der Waals surface area contributed by atoms with Crippen LogP contribution in [-0.4, -0.2) is 24.8 Å². The van der Waals surface area contributed by atoms with Crippen molar-refractivity contribution in [3.63, 3.8) is 0 Å². The molecule has 0 fully saturated rings. The molecule has 0 radical (unpaired) electrons. The number of hydrogen-bond acceptors (Lipinski definition) is 3. The minimum Gasteiger partial charge on any atom is -0.497 e. The summed E-state index contributed by atoms with van der Waals surface area (Å²) in [5, 5.41) is 0. The average molecular weight is 442 g/mol. The van der Waals surface area contributed by atoms with Gasteiger partial charge in [0.05, 0.1) is 23.9 Å². The van der Waals surface area contributed by atoms with E-state index in [4.69, 9.17) is 9.47 Å². The highest BCUT2D eigenvalue weighted by atomic mass is 79.9. The molecule has 0 aliphatic rings. The van der Waals surface area contributed by atoms with Crippen LogP contribution in [0.4, 0.5) is 0 Å². The molecule has 0 aliphatic carbocycles. The van der Waals surface area contributed by atoms with Crippen molar-refractivity contribution >= 4 is 37.6 Å². The Morgan fingerprint density at radius 1 is 0.957 bits per heavy atom. The van der Waals surface area contributed by atoms with Gasteiger partial charge in [0.1, 0.15) is 11.5 Å². The fourth-order valence-electron chi connectivity index (χ4n) is 2.29. The molecule has 2 aromatic rings. The van der Waals surface area contributed by atoms with E-state index in [1.54, 1.807) is 38.5 Å². The molecule has 122 valence electrons. The van der Waals surface area contributed by atoms with Crippen molar-refractivity contribution in [2.75, 3.05) is 14.2 Å². The van der Waals surface area contributed by atoms with Gasteiger partial charge in [0.15, 0.2) is 5.78 Å². The molecule has 0 N–H and O–H groups in total. The van der Waals surface area contributed by atoms with E-state index in [-0.39, 0.29) is 15.4 Å². The SMILES string of the molecule is COc1ccc(C(=O)[C@@H](Br)[C@@H](Br)c2ccc(OC)cc2C)cc1. The molecule has 2 atom stereocenters. The van der Waals surface area contributed by atoms with Crippen molar-refractivity contribution in [3.05, 3.63) is 59.2 Å². The first-order chi connectivity index (χ1) is 11.0. The molecule has 3 nitrogen and oxygen atoms in total. The third-order valence-corrected chi connectivity index (χ3v) is 6.33. The van der Waals surface area contributed by atoms with Gasteiger partial charge in [-0.2, -0.15) is 0 Å². The Labute approximate surface area is 153 Å². The summed E-state index contributed by atoms with van der Waals surface area (Å²) in [5.41, 5.74) is 2.76. The fraction of sp³-hybridized carbons (Fsp3) is 0.278. The molecule has 0 saturated carbocycles. The summed E-state index contributed by atoms with van der Waals surface area (Å²) in [4.78, 5) is 12.1. The van der Waals surface area contributed by atoms with Crippen molar-refractivity contribution in [1.82, 2.24) is 0 Å². The third-order valence-electron chi connectivity index (χ3n) is 3.66. The first kappa shape index (κ1) is 18.0. The number of ether oxygens (including phenoxy) is 2. The first-order valence-electron chi connectivity index (χ1n) is 7.09. The van der Waals surface area contributed by atoms with E-state index >= 15 is 0 Å². The van der Waals surface area contributed by atoms with Crippen molar-refractivity contribution < 1.29 is 14.3 Å². The van der Waals surface area contributed by atoms with Gasteiger partial charge in [-0.05, 0) is 54.4 Å². The Balaban J connectivity index is 2.20. The monoisotopic (exact) mass is 440 g/mol. The van der Waals surface area contributed by atoms with E-state index in [0.29, 0.717) is 5.56 Å². The zero-order valence-electron chi connectivity index (χ0n) is 13.2. The smallest absolute Gasteiger partial charge is 0.177 e. The Bertz CT molecular complexity index is 683. The number of methoxy groups -OCH3 is 2. The minimum atomic E-state index is -0.372. The highest BCUT2D eigenvalue weighted by Crippen LogP contribution is 2.36. The Morgan fingerprint density at radius 2 is 1.52 bits per heavy atom. The van der Waals surface area contributed by atoms with Crippen LogP contribution in [0.1, 0.15) is 26.3 Å². The summed E-state index contributed by atoms with van der Waals surface area (Å²) >= 11 is 7.17. The quantitative estimate of drug-likeness (QED) is 0.462. The number of aryl methyl sites for hydroxylation is 1. The lowest BCUT2D eigenvalue weighted by atomic mass is 9.99. The second-order valence-electron chi connectivity index (χ2n) is 5.12. The van der Waals surface area contributed by atoms with Gasteiger partial charge in [0.2, 0.25) is 0 Å². The van der Waals surface area contributed by atoms with E-state index in [1.165, 1.54) is 0 Å². The maximum atomic E-state index is 12.7. The van der Waals surface area contributed by atoms with Gasteiger partial charge in [0, 0.05) is 5.56 Å². The normalized spacial score (nSPS) is 13.3.